The maximum absolute atomic E-state index is 6.40. The fourth-order valence-electron chi connectivity index (χ4n) is 4.83. The molecule has 1 aromatic heterocycles. The zero-order valence-electron chi connectivity index (χ0n) is 15.3. The van der Waals surface area contributed by atoms with Crippen LogP contribution in [0.5, 0.6) is 0 Å². The quantitative estimate of drug-likeness (QED) is 0.919. The van der Waals surface area contributed by atoms with Crippen LogP contribution in [0.3, 0.4) is 0 Å². The highest BCUT2D eigenvalue weighted by Gasteiger charge is 2.42. The molecule has 0 amide bonds. The van der Waals surface area contributed by atoms with E-state index in [0.29, 0.717) is 0 Å². The van der Waals surface area contributed by atoms with Gasteiger partial charge < -0.3 is 24.1 Å². The molecule has 2 saturated heterocycles. The van der Waals surface area contributed by atoms with Crippen molar-refractivity contribution in [2.45, 2.75) is 37.4 Å². The molecule has 2 fully saturated rings. The van der Waals surface area contributed by atoms with Crippen LogP contribution in [0.2, 0.25) is 0 Å². The third-order valence-corrected chi connectivity index (χ3v) is 6.32. The van der Waals surface area contributed by atoms with Gasteiger partial charge in [0.05, 0.1) is 38.2 Å². The fraction of sp³-hybridized carbons (Fsp3) is 0.619. The molecule has 1 N–H and O–H groups in total. The number of aromatic nitrogens is 1. The molecule has 0 bridgehead atoms. The van der Waals surface area contributed by atoms with Crippen molar-refractivity contribution in [1.82, 2.24) is 9.88 Å². The lowest BCUT2D eigenvalue weighted by Crippen LogP contribution is -2.47. The SMILES string of the molecule is c1ccc2c3c([nH]c2c1)C1(CCN(CCC2COCCO2)CC1)OCC3. The van der Waals surface area contributed by atoms with Gasteiger partial charge in [-0.25, -0.2) is 0 Å². The van der Waals surface area contributed by atoms with Gasteiger partial charge in [-0.05, 0) is 37.3 Å². The molecule has 2 aromatic rings. The van der Waals surface area contributed by atoms with E-state index < -0.39 is 0 Å². The summed E-state index contributed by atoms with van der Waals surface area (Å²) in [7, 11) is 0. The van der Waals surface area contributed by atoms with Gasteiger partial charge in [0.2, 0.25) is 0 Å². The number of para-hydroxylation sites is 1. The molecule has 3 aliphatic heterocycles. The van der Waals surface area contributed by atoms with Gasteiger partial charge in [0.15, 0.2) is 0 Å². The summed E-state index contributed by atoms with van der Waals surface area (Å²) >= 11 is 0. The largest absolute Gasteiger partial charge is 0.376 e. The molecular weight excluding hydrogens is 328 g/mol. The number of H-pyrrole nitrogens is 1. The Morgan fingerprint density at radius 2 is 2.00 bits per heavy atom. The first-order chi connectivity index (χ1) is 12.8. The minimum Gasteiger partial charge on any atom is -0.376 e. The molecule has 1 aromatic carbocycles. The van der Waals surface area contributed by atoms with Crippen molar-refractivity contribution in [2.75, 3.05) is 46.1 Å². The van der Waals surface area contributed by atoms with E-state index in [9.17, 15) is 0 Å². The Balaban J connectivity index is 1.27. The van der Waals surface area contributed by atoms with Crippen molar-refractivity contribution in [3.63, 3.8) is 0 Å². The molecule has 5 nitrogen and oxygen atoms in total. The van der Waals surface area contributed by atoms with Gasteiger partial charge in [-0.2, -0.15) is 0 Å². The van der Waals surface area contributed by atoms with Crippen molar-refractivity contribution in [2.24, 2.45) is 0 Å². The molecule has 140 valence electrons. The van der Waals surface area contributed by atoms with Crippen LogP contribution in [0.15, 0.2) is 24.3 Å². The molecular formula is C21H28N2O3. The molecule has 0 saturated carbocycles. The molecule has 4 heterocycles. The summed E-state index contributed by atoms with van der Waals surface area (Å²) in [6, 6.07) is 8.67. The Kier molecular flexibility index (Phi) is 4.49. The summed E-state index contributed by atoms with van der Waals surface area (Å²) in [5, 5.41) is 1.38. The minimum atomic E-state index is -0.118. The number of aromatic amines is 1. The molecule has 26 heavy (non-hydrogen) atoms. The molecule has 0 radical (unpaired) electrons. The number of benzene rings is 1. The predicted octanol–water partition coefficient (Wildman–Crippen LogP) is 2.84. The van der Waals surface area contributed by atoms with Crippen molar-refractivity contribution < 1.29 is 14.2 Å². The van der Waals surface area contributed by atoms with Crippen LogP contribution < -0.4 is 0 Å². The number of hydrogen-bond donors (Lipinski definition) is 1. The number of likely N-dealkylation sites (tertiary alicyclic amines) is 1. The number of fused-ring (bicyclic) bond motifs is 4. The van der Waals surface area contributed by atoms with Crippen molar-refractivity contribution >= 4 is 10.9 Å². The fourth-order valence-corrected chi connectivity index (χ4v) is 4.83. The van der Waals surface area contributed by atoms with Gasteiger partial charge in [0, 0.05) is 30.5 Å². The first kappa shape index (κ1) is 16.8. The van der Waals surface area contributed by atoms with Gasteiger partial charge in [0.1, 0.15) is 5.60 Å². The smallest absolute Gasteiger partial charge is 0.110 e. The van der Waals surface area contributed by atoms with Crippen molar-refractivity contribution in [3.8, 4) is 0 Å². The maximum Gasteiger partial charge on any atom is 0.110 e. The summed E-state index contributed by atoms with van der Waals surface area (Å²) in [5.74, 6) is 0. The second kappa shape index (κ2) is 6.97. The van der Waals surface area contributed by atoms with E-state index in [1.165, 1.54) is 22.2 Å². The maximum atomic E-state index is 6.40. The van der Waals surface area contributed by atoms with Crippen molar-refractivity contribution in [1.29, 1.82) is 0 Å². The first-order valence-corrected chi connectivity index (χ1v) is 10.00. The minimum absolute atomic E-state index is 0.118. The number of piperidine rings is 1. The average molecular weight is 356 g/mol. The molecule has 5 heteroatoms. The van der Waals surface area contributed by atoms with E-state index in [1.54, 1.807) is 0 Å². The third-order valence-electron chi connectivity index (χ3n) is 6.32. The summed E-state index contributed by atoms with van der Waals surface area (Å²) in [4.78, 5) is 6.25. The predicted molar refractivity (Wildman–Crippen MR) is 100 cm³/mol. The van der Waals surface area contributed by atoms with Crippen molar-refractivity contribution in [3.05, 3.63) is 35.5 Å². The van der Waals surface area contributed by atoms with E-state index in [1.807, 2.05) is 0 Å². The van der Waals surface area contributed by atoms with E-state index >= 15 is 0 Å². The van der Waals surface area contributed by atoms with Gasteiger partial charge in [-0.15, -0.1) is 0 Å². The van der Waals surface area contributed by atoms with Gasteiger partial charge in [-0.1, -0.05) is 18.2 Å². The van der Waals surface area contributed by atoms with E-state index in [4.69, 9.17) is 14.2 Å². The summed E-state index contributed by atoms with van der Waals surface area (Å²) < 4.78 is 17.7. The first-order valence-electron chi connectivity index (χ1n) is 10.00. The number of ether oxygens (including phenoxy) is 3. The summed E-state index contributed by atoms with van der Waals surface area (Å²) in [6.07, 6.45) is 4.48. The number of hydrogen-bond acceptors (Lipinski definition) is 4. The van der Waals surface area contributed by atoms with Crippen LogP contribution in [0.25, 0.3) is 10.9 Å². The van der Waals surface area contributed by atoms with Crippen LogP contribution in [-0.4, -0.2) is 62.0 Å². The van der Waals surface area contributed by atoms with Crippen LogP contribution in [0.4, 0.5) is 0 Å². The highest BCUT2D eigenvalue weighted by atomic mass is 16.6. The van der Waals surface area contributed by atoms with Crippen LogP contribution in [-0.2, 0) is 26.2 Å². The second-order valence-electron chi connectivity index (χ2n) is 7.81. The number of nitrogens with one attached hydrogen (secondary N) is 1. The number of nitrogens with zero attached hydrogens (tertiary/aromatic N) is 1. The lowest BCUT2D eigenvalue weighted by molar-refractivity contribution is -0.108. The summed E-state index contributed by atoms with van der Waals surface area (Å²) in [5.41, 5.74) is 3.95. The van der Waals surface area contributed by atoms with Gasteiger partial charge >= 0.3 is 0 Å². The molecule has 3 aliphatic rings. The Labute approximate surface area is 154 Å². The van der Waals surface area contributed by atoms with Crippen LogP contribution in [0, 0.1) is 0 Å². The Bertz CT molecular complexity index is 758. The normalized spacial score (nSPS) is 26.2. The highest BCUT2D eigenvalue weighted by Crippen LogP contribution is 2.43. The zero-order valence-corrected chi connectivity index (χ0v) is 15.3. The highest BCUT2D eigenvalue weighted by molar-refractivity contribution is 5.85. The Hall–Kier alpha value is -1.40. The monoisotopic (exact) mass is 356 g/mol. The van der Waals surface area contributed by atoms with Gasteiger partial charge in [0.25, 0.3) is 0 Å². The van der Waals surface area contributed by atoms with E-state index in [2.05, 4.69) is 34.1 Å². The number of rotatable bonds is 3. The molecule has 5 rings (SSSR count). The van der Waals surface area contributed by atoms with E-state index in [0.717, 1.165) is 71.7 Å². The molecule has 1 spiro atoms. The van der Waals surface area contributed by atoms with Gasteiger partial charge in [-0.3, -0.25) is 0 Å². The zero-order chi connectivity index (χ0) is 17.4. The van der Waals surface area contributed by atoms with E-state index in [-0.39, 0.29) is 11.7 Å². The average Bonchev–Trinajstić information content (AvgIpc) is 3.09. The third kappa shape index (κ3) is 2.97. The Morgan fingerprint density at radius 3 is 2.85 bits per heavy atom. The standard InChI is InChI=1S/C21H28N2O3/c1-2-4-19-17(3-1)18-6-12-26-21(20(18)22-19)7-10-23(11-8-21)9-5-16-15-24-13-14-25-16/h1-4,16,22H,5-15H2. The van der Waals surface area contributed by atoms with Crippen LogP contribution in [0.1, 0.15) is 30.5 Å². The topological polar surface area (TPSA) is 46.7 Å². The Morgan fingerprint density at radius 1 is 1.12 bits per heavy atom. The lowest BCUT2D eigenvalue weighted by Gasteiger charge is -2.44. The molecule has 1 unspecified atom stereocenters. The lowest BCUT2D eigenvalue weighted by atomic mass is 9.83. The summed E-state index contributed by atoms with van der Waals surface area (Å²) in [6.45, 7) is 6.33. The second-order valence-corrected chi connectivity index (χ2v) is 7.81. The van der Waals surface area contributed by atoms with Crippen LogP contribution >= 0.6 is 0 Å². The molecule has 0 aliphatic carbocycles. The molecule has 1 atom stereocenters.